The largest absolute Gasteiger partial charge is 0.492 e. The molecule has 0 atom stereocenters. The van der Waals surface area contributed by atoms with Gasteiger partial charge in [-0.15, -0.1) is 0 Å². The maximum absolute atomic E-state index is 12.5. The number of nitrogens with zero attached hydrogens (tertiary/aromatic N) is 2. The maximum Gasteiger partial charge on any atom is 0.243 e. The van der Waals surface area contributed by atoms with Crippen LogP contribution in [-0.4, -0.2) is 66.1 Å². The zero-order valence-electron chi connectivity index (χ0n) is 18.1. The van der Waals surface area contributed by atoms with Gasteiger partial charge in [-0.05, 0) is 61.4 Å². The predicted octanol–water partition coefficient (Wildman–Crippen LogP) is 2.09. The van der Waals surface area contributed by atoms with Crippen LogP contribution < -0.4 is 14.4 Å². The molecule has 3 rings (SSSR count). The molecular weight excluding hydrogens is 490 g/mol. The first-order chi connectivity index (χ1) is 15.6. The molecule has 12 heteroatoms. The fourth-order valence-electron chi connectivity index (χ4n) is 3.34. The Kier molecular flexibility index (Phi) is 8.22. The summed E-state index contributed by atoms with van der Waals surface area (Å²) in [6.45, 7) is 0.961. The molecule has 33 heavy (non-hydrogen) atoms. The predicted molar refractivity (Wildman–Crippen MR) is 127 cm³/mol. The van der Waals surface area contributed by atoms with Crippen LogP contribution in [0, 0.1) is 0 Å². The molecule has 2 aromatic rings. The van der Waals surface area contributed by atoms with Crippen molar-refractivity contribution in [2.45, 2.75) is 17.7 Å². The zero-order valence-corrected chi connectivity index (χ0v) is 20.5. The average Bonchev–Trinajstić information content (AvgIpc) is 3.31. The minimum absolute atomic E-state index is 0.129. The highest BCUT2D eigenvalue weighted by Gasteiger charge is 2.27. The van der Waals surface area contributed by atoms with Crippen molar-refractivity contribution in [2.24, 2.45) is 0 Å². The summed E-state index contributed by atoms with van der Waals surface area (Å²) in [5.41, 5.74) is 0.331. The molecule has 1 aliphatic heterocycles. The van der Waals surface area contributed by atoms with Crippen molar-refractivity contribution in [3.8, 4) is 5.75 Å². The molecule has 0 spiro atoms. The van der Waals surface area contributed by atoms with Crippen LogP contribution in [0.3, 0.4) is 0 Å². The summed E-state index contributed by atoms with van der Waals surface area (Å²) in [7, 11) is -7.16. The van der Waals surface area contributed by atoms with E-state index in [1.807, 2.05) is 0 Å². The van der Waals surface area contributed by atoms with Gasteiger partial charge < -0.3 is 10.1 Å². The van der Waals surface area contributed by atoms with Gasteiger partial charge >= 0.3 is 0 Å². The number of halogens is 1. The van der Waals surface area contributed by atoms with Gasteiger partial charge in [0.15, 0.2) is 0 Å². The van der Waals surface area contributed by atoms with Crippen LogP contribution in [-0.2, 0) is 24.8 Å². The number of sulfonamides is 2. The van der Waals surface area contributed by atoms with Crippen molar-refractivity contribution in [3.05, 3.63) is 53.6 Å². The molecule has 0 unspecified atom stereocenters. The molecule has 0 radical (unpaired) electrons. The number of nitrogens with one attached hydrogen (secondary N) is 1. The van der Waals surface area contributed by atoms with Gasteiger partial charge in [0.1, 0.15) is 18.9 Å². The van der Waals surface area contributed by atoms with Gasteiger partial charge in [0.05, 0.1) is 23.4 Å². The zero-order chi connectivity index (χ0) is 24.1. The van der Waals surface area contributed by atoms with E-state index in [1.54, 1.807) is 24.3 Å². The molecule has 0 aliphatic carbocycles. The first kappa shape index (κ1) is 25.3. The first-order valence-electron chi connectivity index (χ1n) is 10.3. The van der Waals surface area contributed by atoms with Gasteiger partial charge in [0.25, 0.3) is 0 Å². The standard InChI is InChI=1S/C21H26ClN3O6S2/c1-32(27,28)25(18-6-4-17(22)5-7-18)16-21(26)23-12-15-31-19-8-10-20(11-9-19)33(29,30)24-13-2-3-14-24/h4-11H,2-3,12-16H2,1H3,(H,23,26). The molecule has 1 heterocycles. The third-order valence-corrected chi connectivity index (χ3v) is 8.33. The SMILES string of the molecule is CS(=O)(=O)N(CC(=O)NCCOc1ccc(S(=O)(=O)N2CCCC2)cc1)c1ccc(Cl)cc1. The number of ether oxygens (including phenoxy) is 1. The van der Waals surface area contributed by atoms with Crippen molar-refractivity contribution in [1.29, 1.82) is 0 Å². The second kappa shape index (κ2) is 10.7. The van der Waals surface area contributed by atoms with Gasteiger partial charge in [-0.3, -0.25) is 9.10 Å². The number of benzene rings is 2. The summed E-state index contributed by atoms with van der Waals surface area (Å²) in [5.74, 6) is -0.0328. The number of rotatable bonds is 10. The molecule has 180 valence electrons. The quantitative estimate of drug-likeness (QED) is 0.485. The van der Waals surface area contributed by atoms with Crippen molar-refractivity contribution in [1.82, 2.24) is 9.62 Å². The van der Waals surface area contributed by atoms with Crippen molar-refractivity contribution in [2.75, 3.05) is 43.3 Å². The molecule has 1 aliphatic rings. The molecular formula is C21H26ClN3O6S2. The third kappa shape index (κ3) is 6.83. The summed E-state index contributed by atoms with van der Waals surface area (Å²) in [4.78, 5) is 12.5. The molecule has 0 bridgehead atoms. The lowest BCUT2D eigenvalue weighted by molar-refractivity contribution is -0.119. The van der Waals surface area contributed by atoms with Gasteiger partial charge in [0, 0.05) is 18.1 Å². The molecule has 2 aromatic carbocycles. The number of amides is 1. The first-order valence-corrected chi connectivity index (χ1v) is 14.0. The second-order valence-corrected chi connectivity index (χ2v) is 11.8. The highest BCUT2D eigenvalue weighted by molar-refractivity contribution is 7.92. The smallest absolute Gasteiger partial charge is 0.243 e. The van der Waals surface area contributed by atoms with E-state index in [2.05, 4.69) is 5.32 Å². The minimum atomic E-state index is -3.68. The fraction of sp³-hybridized carbons (Fsp3) is 0.381. The molecule has 1 amide bonds. The normalized spacial score (nSPS) is 14.7. The summed E-state index contributed by atoms with van der Waals surface area (Å²) in [6.07, 6.45) is 2.76. The Morgan fingerprint density at radius 2 is 1.64 bits per heavy atom. The molecule has 1 saturated heterocycles. The van der Waals surface area contributed by atoms with Crippen LogP contribution in [0.5, 0.6) is 5.75 Å². The van der Waals surface area contributed by atoms with Gasteiger partial charge in [-0.25, -0.2) is 16.8 Å². The van der Waals surface area contributed by atoms with Gasteiger partial charge in [0.2, 0.25) is 26.0 Å². The van der Waals surface area contributed by atoms with E-state index in [0.29, 0.717) is 29.5 Å². The second-order valence-electron chi connectivity index (χ2n) is 7.53. The Balaban J connectivity index is 1.49. The van der Waals surface area contributed by atoms with Crippen LogP contribution in [0.2, 0.25) is 5.02 Å². The van der Waals surface area contributed by atoms with Crippen LogP contribution >= 0.6 is 11.6 Å². The van der Waals surface area contributed by atoms with E-state index in [-0.39, 0.29) is 24.6 Å². The van der Waals surface area contributed by atoms with Gasteiger partial charge in [-0.1, -0.05) is 11.6 Å². The van der Waals surface area contributed by atoms with Crippen LogP contribution in [0.25, 0.3) is 0 Å². The van der Waals surface area contributed by atoms with Crippen molar-refractivity contribution >= 4 is 43.2 Å². The van der Waals surface area contributed by atoms with Crippen molar-refractivity contribution < 1.29 is 26.4 Å². The summed E-state index contributed by atoms with van der Waals surface area (Å²) in [5, 5.41) is 3.06. The highest BCUT2D eigenvalue weighted by atomic mass is 35.5. The highest BCUT2D eigenvalue weighted by Crippen LogP contribution is 2.23. The third-order valence-electron chi connectivity index (χ3n) is 5.02. The number of hydrogen-bond acceptors (Lipinski definition) is 6. The Morgan fingerprint density at radius 1 is 1.03 bits per heavy atom. The van der Waals surface area contributed by atoms with E-state index in [0.717, 1.165) is 23.4 Å². The molecule has 0 saturated carbocycles. The van der Waals surface area contributed by atoms with Crippen LogP contribution in [0.4, 0.5) is 5.69 Å². The Hall–Kier alpha value is -2.34. The van der Waals surface area contributed by atoms with Crippen LogP contribution in [0.1, 0.15) is 12.8 Å². The lowest BCUT2D eigenvalue weighted by Crippen LogP contribution is -2.41. The number of anilines is 1. The average molecular weight is 516 g/mol. The van der Waals surface area contributed by atoms with E-state index < -0.39 is 26.0 Å². The summed E-state index contributed by atoms with van der Waals surface area (Å²) < 4.78 is 57.3. The lowest BCUT2D eigenvalue weighted by atomic mass is 10.3. The maximum atomic E-state index is 12.5. The molecule has 9 nitrogen and oxygen atoms in total. The van der Waals surface area contributed by atoms with E-state index in [4.69, 9.17) is 16.3 Å². The number of hydrogen-bond donors (Lipinski definition) is 1. The monoisotopic (exact) mass is 515 g/mol. The Labute approximate surface area is 199 Å². The summed E-state index contributed by atoms with van der Waals surface area (Å²) in [6, 6.07) is 12.3. The van der Waals surface area contributed by atoms with E-state index in [1.165, 1.54) is 28.6 Å². The molecule has 1 fully saturated rings. The fourth-order valence-corrected chi connectivity index (χ4v) is 5.84. The number of carbonyl (C=O) groups is 1. The van der Waals surface area contributed by atoms with E-state index in [9.17, 15) is 21.6 Å². The molecule has 1 N–H and O–H groups in total. The Morgan fingerprint density at radius 3 is 2.21 bits per heavy atom. The van der Waals surface area contributed by atoms with E-state index >= 15 is 0 Å². The van der Waals surface area contributed by atoms with Gasteiger partial charge in [-0.2, -0.15) is 4.31 Å². The topological polar surface area (TPSA) is 113 Å². The van der Waals surface area contributed by atoms with Crippen molar-refractivity contribution in [3.63, 3.8) is 0 Å². The minimum Gasteiger partial charge on any atom is -0.492 e. The van der Waals surface area contributed by atoms with Crippen LogP contribution in [0.15, 0.2) is 53.4 Å². The number of carbonyl (C=O) groups excluding carboxylic acids is 1. The molecule has 0 aromatic heterocycles. The summed E-state index contributed by atoms with van der Waals surface area (Å²) >= 11 is 5.84. The lowest BCUT2D eigenvalue weighted by Gasteiger charge is -2.22. The Bertz CT molecular complexity index is 1160.